The molecule has 1 heterocycles. The van der Waals surface area contributed by atoms with Crippen LogP contribution in [-0.4, -0.2) is 40.6 Å². The van der Waals surface area contributed by atoms with Crippen LogP contribution in [-0.2, 0) is 11.2 Å². The van der Waals surface area contributed by atoms with E-state index in [0.717, 1.165) is 22.6 Å². The van der Waals surface area contributed by atoms with Crippen LogP contribution < -0.4 is 4.90 Å². The van der Waals surface area contributed by atoms with E-state index in [1.54, 1.807) is 37.8 Å². The van der Waals surface area contributed by atoms with E-state index in [0.29, 0.717) is 11.6 Å². The first-order chi connectivity index (χ1) is 9.70. The fourth-order valence-corrected chi connectivity index (χ4v) is 2.59. The molecule has 0 aliphatic carbocycles. The Morgan fingerprint density at radius 2 is 2.05 bits per heavy atom. The van der Waals surface area contributed by atoms with Gasteiger partial charge in [-0.3, -0.25) is 9.69 Å². The summed E-state index contributed by atoms with van der Waals surface area (Å²) in [5.41, 5.74) is 1.22. The summed E-state index contributed by atoms with van der Waals surface area (Å²) in [4.78, 5) is 26.6. The first kappa shape index (κ1) is 15.6. The van der Waals surface area contributed by atoms with Crippen LogP contribution in [0.2, 0.25) is 5.02 Å². The molecule has 0 atom stereocenters. The van der Waals surface area contributed by atoms with Crippen molar-refractivity contribution in [1.82, 2.24) is 4.90 Å². The number of rotatable bonds is 2. The van der Waals surface area contributed by atoms with E-state index in [4.69, 9.17) is 11.6 Å². The van der Waals surface area contributed by atoms with Crippen LogP contribution in [0.3, 0.4) is 0 Å². The molecule has 0 saturated carbocycles. The summed E-state index contributed by atoms with van der Waals surface area (Å²) in [7, 11) is 0. The first-order valence-electron chi connectivity index (χ1n) is 6.79. The van der Waals surface area contributed by atoms with Gasteiger partial charge in [-0.25, -0.2) is 4.79 Å². The molecule has 1 aromatic rings. The lowest BCUT2D eigenvalue weighted by molar-refractivity contribution is -0.120. The summed E-state index contributed by atoms with van der Waals surface area (Å²) in [6.07, 6.45) is -0.331. The van der Waals surface area contributed by atoms with Gasteiger partial charge in [-0.15, -0.1) is 0 Å². The van der Waals surface area contributed by atoms with Gasteiger partial charge in [0.25, 0.3) is 0 Å². The van der Waals surface area contributed by atoms with Crippen LogP contribution in [0, 0.1) is 0 Å². The number of benzene rings is 1. The zero-order valence-corrected chi connectivity index (χ0v) is 13.1. The lowest BCUT2D eigenvalue weighted by atomic mass is 10.1. The largest absolute Gasteiger partial charge is 0.465 e. The van der Waals surface area contributed by atoms with Crippen molar-refractivity contribution in [2.45, 2.75) is 32.7 Å². The fourth-order valence-electron chi connectivity index (χ4n) is 2.42. The van der Waals surface area contributed by atoms with Crippen molar-refractivity contribution in [1.29, 1.82) is 0 Å². The third kappa shape index (κ3) is 3.29. The van der Waals surface area contributed by atoms with Crippen LogP contribution >= 0.6 is 11.6 Å². The highest BCUT2D eigenvalue weighted by molar-refractivity contribution is 6.31. The fraction of sp³-hybridized carbons (Fsp3) is 0.467. The Kier molecular flexibility index (Phi) is 4.14. The topological polar surface area (TPSA) is 60.9 Å². The number of carbonyl (C=O) groups is 2. The van der Waals surface area contributed by atoms with Gasteiger partial charge in [-0.1, -0.05) is 17.7 Å². The highest BCUT2D eigenvalue weighted by atomic mass is 35.5. The second kappa shape index (κ2) is 5.56. The first-order valence-corrected chi connectivity index (χ1v) is 7.17. The lowest BCUT2D eigenvalue weighted by Gasteiger charge is -2.33. The molecule has 1 aliphatic rings. The average Bonchev–Trinajstić information content (AvgIpc) is 2.76. The molecule has 1 aliphatic heterocycles. The van der Waals surface area contributed by atoms with E-state index < -0.39 is 11.6 Å². The monoisotopic (exact) mass is 310 g/mol. The van der Waals surface area contributed by atoms with Gasteiger partial charge in [0.2, 0.25) is 5.91 Å². The van der Waals surface area contributed by atoms with E-state index in [-0.39, 0.29) is 12.5 Å². The second-order valence-corrected chi connectivity index (χ2v) is 6.54. The molecule has 0 radical (unpaired) electrons. The second-order valence-electron chi connectivity index (χ2n) is 6.11. The summed E-state index contributed by atoms with van der Waals surface area (Å²) in [6.45, 7) is 5.70. The number of halogens is 1. The van der Waals surface area contributed by atoms with Crippen molar-refractivity contribution in [3.05, 3.63) is 28.8 Å². The number of fused-ring (bicyclic) bond motifs is 1. The summed E-state index contributed by atoms with van der Waals surface area (Å²) < 4.78 is 0. The predicted octanol–water partition coefficient (Wildman–Crippen LogP) is 3.01. The molecule has 1 aromatic carbocycles. The van der Waals surface area contributed by atoms with Crippen molar-refractivity contribution in [3.63, 3.8) is 0 Å². The normalized spacial score (nSPS) is 14.0. The maximum absolute atomic E-state index is 12.5. The average molecular weight is 311 g/mol. The Hall–Kier alpha value is -1.75. The molecular formula is C15H19ClN2O3. The highest BCUT2D eigenvalue weighted by Gasteiger charge is 2.32. The van der Waals surface area contributed by atoms with E-state index in [9.17, 15) is 14.7 Å². The Morgan fingerprint density at radius 1 is 1.38 bits per heavy atom. The standard InChI is InChI=1S/C15H19ClN2O3/c1-15(2,3)18(14(20)21)9-13(19)17-7-6-10-4-5-11(16)8-12(10)17/h4-5,8H,6-7,9H2,1-3H3,(H,20,21). The molecule has 5 nitrogen and oxygen atoms in total. The summed E-state index contributed by atoms with van der Waals surface area (Å²) in [5.74, 6) is -0.228. The third-order valence-electron chi connectivity index (χ3n) is 3.58. The quantitative estimate of drug-likeness (QED) is 0.913. The van der Waals surface area contributed by atoms with E-state index in [2.05, 4.69) is 0 Å². The van der Waals surface area contributed by atoms with Gasteiger partial charge in [0.15, 0.2) is 0 Å². The van der Waals surface area contributed by atoms with Gasteiger partial charge in [-0.2, -0.15) is 0 Å². The van der Waals surface area contributed by atoms with Crippen LogP contribution in [0.15, 0.2) is 18.2 Å². The number of carbonyl (C=O) groups excluding carboxylic acids is 1. The molecule has 0 aromatic heterocycles. The Bertz CT molecular complexity index is 581. The van der Waals surface area contributed by atoms with Gasteiger partial charge in [0.1, 0.15) is 6.54 Å². The SMILES string of the molecule is CC(C)(C)N(CC(=O)N1CCc2ccc(Cl)cc21)C(=O)O. The number of hydrogen-bond acceptors (Lipinski definition) is 2. The Labute approximate surface area is 129 Å². The molecule has 0 bridgehead atoms. The van der Waals surface area contributed by atoms with Crippen molar-refractivity contribution in [2.75, 3.05) is 18.0 Å². The molecular weight excluding hydrogens is 292 g/mol. The molecule has 0 saturated heterocycles. The number of anilines is 1. The molecule has 114 valence electrons. The van der Waals surface area contributed by atoms with Crippen molar-refractivity contribution >= 4 is 29.3 Å². The molecule has 6 heteroatoms. The van der Waals surface area contributed by atoms with E-state index in [1.807, 2.05) is 6.07 Å². The minimum Gasteiger partial charge on any atom is -0.465 e. The van der Waals surface area contributed by atoms with Crippen LogP contribution in [0.5, 0.6) is 0 Å². The number of carboxylic acid groups (broad SMARTS) is 1. The van der Waals surface area contributed by atoms with Crippen molar-refractivity contribution < 1.29 is 14.7 Å². The molecule has 0 spiro atoms. The molecule has 2 rings (SSSR count). The summed E-state index contributed by atoms with van der Waals surface area (Å²) in [6, 6.07) is 5.46. The lowest BCUT2D eigenvalue weighted by Crippen LogP contribution is -2.50. The van der Waals surface area contributed by atoms with Crippen molar-refractivity contribution in [3.8, 4) is 0 Å². The number of nitrogens with zero attached hydrogens (tertiary/aromatic N) is 2. The van der Waals surface area contributed by atoms with Gasteiger partial charge >= 0.3 is 6.09 Å². The van der Waals surface area contributed by atoms with E-state index in [1.165, 1.54) is 0 Å². The smallest absolute Gasteiger partial charge is 0.408 e. The van der Waals surface area contributed by atoms with E-state index >= 15 is 0 Å². The Balaban J connectivity index is 2.19. The van der Waals surface area contributed by atoms with Crippen molar-refractivity contribution in [2.24, 2.45) is 0 Å². The third-order valence-corrected chi connectivity index (χ3v) is 3.81. The maximum atomic E-state index is 12.5. The maximum Gasteiger partial charge on any atom is 0.408 e. The predicted molar refractivity (Wildman–Crippen MR) is 82.0 cm³/mol. The molecule has 1 N–H and O–H groups in total. The van der Waals surface area contributed by atoms with Crippen LogP contribution in [0.1, 0.15) is 26.3 Å². The number of amides is 2. The molecule has 0 fully saturated rings. The van der Waals surface area contributed by atoms with Gasteiger partial charge in [-0.05, 0) is 44.9 Å². The zero-order chi connectivity index (χ0) is 15.8. The minimum atomic E-state index is -1.10. The summed E-state index contributed by atoms with van der Waals surface area (Å²) in [5, 5.41) is 9.84. The molecule has 2 amide bonds. The number of hydrogen-bond donors (Lipinski definition) is 1. The van der Waals surface area contributed by atoms with Gasteiger partial charge in [0, 0.05) is 22.8 Å². The highest BCUT2D eigenvalue weighted by Crippen LogP contribution is 2.31. The summed E-state index contributed by atoms with van der Waals surface area (Å²) >= 11 is 5.98. The molecule has 21 heavy (non-hydrogen) atoms. The van der Waals surface area contributed by atoms with Crippen LogP contribution in [0.25, 0.3) is 0 Å². The molecule has 0 unspecified atom stereocenters. The van der Waals surface area contributed by atoms with Crippen LogP contribution in [0.4, 0.5) is 10.5 Å². The van der Waals surface area contributed by atoms with Gasteiger partial charge < -0.3 is 10.0 Å². The minimum absolute atomic E-state index is 0.162. The van der Waals surface area contributed by atoms with Gasteiger partial charge in [0.05, 0.1) is 0 Å². The zero-order valence-electron chi connectivity index (χ0n) is 12.4. The Morgan fingerprint density at radius 3 is 2.62 bits per heavy atom.